The highest BCUT2D eigenvalue weighted by Crippen LogP contribution is 2.29. The third-order valence-corrected chi connectivity index (χ3v) is 4.63. The lowest BCUT2D eigenvalue weighted by Crippen LogP contribution is -2.34. The number of azide groups is 1. The second kappa shape index (κ2) is 8.39. The standard InChI is InChI=1S/C21H22N4/c1-17-9-12-19(13-10-17)21(14-11-18-6-3-2-4-7-18)25-15-5-8-20(25)16-23-24-22/h2-4,6-7,9-10,12-13,20-21H,5,8,15-16H2,1H3/t20-,21+/m0/s1. The number of likely N-dealkylation sites (tertiary alicyclic amines) is 1. The SMILES string of the molecule is Cc1ccc([C@@H](C#Cc2ccccc2)N2CCC[C@H]2CN=[N+]=[N-])cc1. The maximum absolute atomic E-state index is 8.66. The summed E-state index contributed by atoms with van der Waals surface area (Å²) in [5.41, 5.74) is 12.1. The second-order valence-electron chi connectivity index (χ2n) is 6.40. The number of hydrogen-bond acceptors (Lipinski definition) is 2. The third kappa shape index (κ3) is 4.42. The predicted octanol–water partition coefficient (Wildman–Crippen LogP) is 4.86. The first-order valence-corrected chi connectivity index (χ1v) is 8.67. The minimum absolute atomic E-state index is 0.0159. The normalized spacial score (nSPS) is 18.0. The molecule has 2 atom stereocenters. The summed E-state index contributed by atoms with van der Waals surface area (Å²) in [5.74, 6) is 6.78. The van der Waals surface area contributed by atoms with E-state index in [1.807, 2.05) is 30.3 Å². The molecule has 126 valence electrons. The first-order valence-electron chi connectivity index (χ1n) is 8.67. The zero-order valence-electron chi connectivity index (χ0n) is 14.5. The Kier molecular flexibility index (Phi) is 5.74. The van der Waals surface area contributed by atoms with E-state index in [-0.39, 0.29) is 12.1 Å². The Balaban J connectivity index is 1.93. The first kappa shape index (κ1) is 17.1. The van der Waals surface area contributed by atoms with Crippen LogP contribution in [0.5, 0.6) is 0 Å². The van der Waals surface area contributed by atoms with Crippen molar-refractivity contribution < 1.29 is 0 Å². The fourth-order valence-corrected chi connectivity index (χ4v) is 3.30. The fourth-order valence-electron chi connectivity index (χ4n) is 3.30. The molecule has 0 bridgehead atoms. The highest BCUT2D eigenvalue weighted by atomic mass is 15.2. The van der Waals surface area contributed by atoms with Gasteiger partial charge < -0.3 is 0 Å². The van der Waals surface area contributed by atoms with Crippen LogP contribution >= 0.6 is 0 Å². The van der Waals surface area contributed by atoms with Crippen LogP contribution in [0.2, 0.25) is 0 Å². The second-order valence-corrected chi connectivity index (χ2v) is 6.40. The van der Waals surface area contributed by atoms with E-state index in [1.165, 1.54) is 11.1 Å². The number of hydrogen-bond donors (Lipinski definition) is 0. The smallest absolute Gasteiger partial charge is 0.0976 e. The third-order valence-electron chi connectivity index (χ3n) is 4.63. The Bertz CT molecular complexity index is 795. The average molecular weight is 330 g/mol. The highest BCUT2D eigenvalue weighted by molar-refractivity contribution is 5.38. The Morgan fingerprint density at radius 3 is 2.68 bits per heavy atom. The average Bonchev–Trinajstić information content (AvgIpc) is 3.11. The number of nitrogens with zero attached hydrogens (tertiary/aromatic N) is 4. The van der Waals surface area contributed by atoms with Crippen LogP contribution < -0.4 is 0 Å². The zero-order chi connectivity index (χ0) is 17.5. The molecular weight excluding hydrogens is 308 g/mol. The first-order chi connectivity index (χ1) is 12.3. The van der Waals surface area contributed by atoms with E-state index in [1.54, 1.807) is 0 Å². The lowest BCUT2D eigenvalue weighted by molar-refractivity contribution is 0.223. The summed E-state index contributed by atoms with van der Waals surface area (Å²) in [5, 5.41) is 3.80. The number of benzene rings is 2. The van der Waals surface area contributed by atoms with E-state index >= 15 is 0 Å². The van der Waals surface area contributed by atoms with Crippen molar-refractivity contribution in [2.45, 2.75) is 31.8 Å². The molecule has 1 saturated heterocycles. The molecule has 1 heterocycles. The molecule has 0 aliphatic carbocycles. The summed E-state index contributed by atoms with van der Waals surface area (Å²) in [6.07, 6.45) is 2.16. The van der Waals surface area contributed by atoms with Crippen molar-refractivity contribution in [1.29, 1.82) is 0 Å². The van der Waals surface area contributed by atoms with Crippen LogP contribution in [-0.2, 0) is 0 Å². The van der Waals surface area contributed by atoms with Crippen molar-refractivity contribution in [3.05, 3.63) is 81.7 Å². The van der Waals surface area contributed by atoms with Gasteiger partial charge in [-0.25, -0.2) is 0 Å². The monoisotopic (exact) mass is 330 g/mol. The quantitative estimate of drug-likeness (QED) is 0.342. The molecule has 4 heteroatoms. The van der Waals surface area contributed by atoms with Crippen LogP contribution in [0.4, 0.5) is 0 Å². The van der Waals surface area contributed by atoms with Crippen molar-refractivity contribution in [3.8, 4) is 11.8 Å². The molecule has 1 aliphatic rings. The van der Waals surface area contributed by atoms with Gasteiger partial charge in [0, 0.05) is 23.1 Å². The predicted molar refractivity (Wildman–Crippen MR) is 101 cm³/mol. The van der Waals surface area contributed by atoms with Gasteiger partial charge in [0.1, 0.15) is 0 Å². The Hall–Kier alpha value is -2.73. The highest BCUT2D eigenvalue weighted by Gasteiger charge is 2.30. The van der Waals surface area contributed by atoms with Gasteiger partial charge in [-0.2, -0.15) is 0 Å². The van der Waals surface area contributed by atoms with Crippen LogP contribution in [0.1, 0.15) is 35.6 Å². The van der Waals surface area contributed by atoms with Crippen LogP contribution in [0.3, 0.4) is 0 Å². The Labute approximate surface area is 149 Å². The summed E-state index contributed by atoms with van der Waals surface area (Å²) in [4.78, 5) is 5.32. The largest absolute Gasteiger partial charge is 0.283 e. The minimum atomic E-state index is 0.0159. The van der Waals surface area contributed by atoms with E-state index in [0.717, 1.165) is 24.9 Å². The van der Waals surface area contributed by atoms with Gasteiger partial charge in [-0.3, -0.25) is 4.90 Å². The van der Waals surface area contributed by atoms with Gasteiger partial charge in [-0.15, -0.1) is 0 Å². The van der Waals surface area contributed by atoms with E-state index in [0.29, 0.717) is 6.54 Å². The van der Waals surface area contributed by atoms with Crippen LogP contribution in [0.15, 0.2) is 59.7 Å². The van der Waals surface area contributed by atoms with Gasteiger partial charge in [0.25, 0.3) is 0 Å². The number of rotatable bonds is 4. The molecule has 1 fully saturated rings. The molecule has 0 unspecified atom stereocenters. The van der Waals surface area contributed by atoms with Crippen molar-refractivity contribution in [2.75, 3.05) is 13.1 Å². The minimum Gasteiger partial charge on any atom is -0.283 e. The Morgan fingerprint density at radius 1 is 1.20 bits per heavy atom. The van der Waals surface area contributed by atoms with Crippen molar-refractivity contribution >= 4 is 0 Å². The molecule has 4 nitrogen and oxygen atoms in total. The molecule has 2 aromatic carbocycles. The molecule has 0 spiro atoms. The summed E-state index contributed by atoms with van der Waals surface area (Å²) < 4.78 is 0. The van der Waals surface area contributed by atoms with Gasteiger partial charge in [-0.05, 0) is 49.5 Å². The van der Waals surface area contributed by atoms with Gasteiger partial charge >= 0.3 is 0 Å². The summed E-state index contributed by atoms with van der Waals surface area (Å²) in [7, 11) is 0. The molecule has 0 saturated carbocycles. The van der Waals surface area contributed by atoms with Crippen molar-refractivity contribution in [2.24, 2.45) is 5.11 Å². The molecular formula is C21H22N4. The summed E-state index contributed by atoms with van der Waals surface area (Å²) in [6, 6.07) is 18.9. The molecule has 25 heavy (non-hydrogen) atoms. The van der Waals surface area contributed by atoms with Gasteiger partial charge in [0.15, 0.2) is 0 Å². The molecule has 3 rings (SSSR count). The lowest BCUT2D eigenvalue weighted by Gasteiger charge is -2.29. The van der Waals surface area contributed by atoms with Crippen molar-refractivity contribution in [3.63, 3.8) is 0 Å². The van der Waals surface area contributed by atoms with Crippen LogP contribution in [-0.4, -0.2) is 24.0 Å². The van der Waals surface area contributed by atoms with Crippen LogP contribution in [0.25, 0.3) is 10.4 Å². The Morgan fingerprint density at radius 2 is 1.96 bits per heavy atom. The molecule has 0 N–H and O–H groups in total. The van der Waals surface area contributed by atoms with Gasteiger partial charge in [0.2, 0.25) is 0 Å². The van der Waals surface area contributed by atoms with E-state index < -0.39 is 0 Å². The lowest BCUT2D eigenvalue weighted by atomic mass is 10.0. The molecule has 0 aromatic heterocycles. The molecule has 1 aliphatic heterocycles. The molecule has 0 amide bonds. The topological polar surface area (TPSA) is 52.0 Å². The maximum Gasteiger partial charge on any atom is 0.0976 e. The van der Waals surface area contributed by atoms with Gasteiger partial charge in [0.05, 0.1) is 6.04 Å². The molecule has 2 aromatic rings. The van der Waals surface area contributed by atoms with Crippen LogP contribution in [0, 0.1) is 18.8 Å². The fraction of sp³-hybridized carbons (Fsp3) is 0.333. The van der Waals surface area contributed by atoms with E-state index in [4.69, 9.17) is 5.53 Å². The maximum atomic E-state index is 8.66. The summed E-state index contributed by atoms with van der Waals surface area (Å²) >= 11 is 0. The van der Waals surface area contributed by atoms with E-state index in [9.17, 15) is 0 Å². The van der Waals surface area contributed by atoms with Crippen molar-refractivity contribution in [1.82, 2.24) is 4.90 Å². The number of aryl methyl sites for hydroxylation is 1. The van der Waals surface area contributed by atoms with Gasteiger partial charge in [-0.1, -0.05) is 65.0 Å². The summed E-state index contributed by atoms with van der Waals surface area (Å²) in [6.45, 7) is 3.58. The zero-order valence-corrected chi connectivity index (χ0v) is 14.5. The molecule has 0 radical (unpaired) electrons. The van der Waals surface area contributed by atoms with E-state index in [2.05, 4.69) is 58.0 Å².